The predicted molar refractivity (Wildman–Crippen MR) is 138 cm³/mol. The molecule has 192 valence electrons. The molecule has 2 aromatic carbocycles. The number of aliphatic imine (C=N–C) groups is 1. The second kappa shape index (κ2) is 10.2. The highest BCUT2D eigenvalue weighted by Gasteiger charge is 2.31. The van der Waals surface area contributed by atoms with Gasteiger partial charge in [-0.05, 0) is 54.8 Å². The number of ether oxygens (including phenoxy) is 1. The van der Waals surface area contributed by atoms with Crippen LogP contribution in [0.3, 0.4) is 0 Å². The van der Waals surface area contributed by atoms with Gasteiger partial charge < -0.3 is 20.7 Å². The maximum atomic E-state index is 13.5. The first-order valence-corrected chi connectivity index (χ1v) is 12.2. The van der Waals surface area contributed by atoms with Gasteiger partial charge in [-0.2, -0.15) is 5.10 Å². The summed E-state index contributed by atoms with van der Waals surface area (Å²) >= 11 is 6.52. The van der Waals surface area contributed by atoms with Gasteiger partial charge in [0.05, 0.1) is 16.6 Å². The van der Waals surface area contributed by atoms with E-state index in [0.717, 1.165) is 30.8 Å². The molecule has 1 saturated heterocycles. The Hall–Kier alpha value is -3.92. The van der Waals surface area contributed by atoms with Crippen molar-refractivity contribution in [3.63, 3.8) is 0 Å². The molecule has 5 rings (SSSR count). The number of fused-ring (bicyclic) bond motifs is 1. The number of rotatable bonds is 6. The number of carbonyl (C=O) groups excluding carboxylic acids is 1. The van der Waals surface area contributed by atoms with Crippen molar-refractivity contribution in [2.24, 2.45) is 10.7 Å². The van der Waals surface area contributed by atoms with Crippen molar-refractivity contribution in [1.29, 1.82) is 0 Å². The molecule has 3 heterocycles. The molecule has 2 aliphatic rings. The van der Waals surface area contributed by atoms with Crippen molar-refractivity contribution >= 4 is 29.2 Å². The Morgan fingerprint density at radius 2 is 2.11 bits per heavy atom. The first-order valence-electron chi connectivity index (χ1n) is 11.8. The molecule has 8 nitrogen and oxygen atoms in total. The number of piperidine rings is 1. The van der Waals surface area contributed by atoms with Crippen molar-refractivity contribution < 1.29 is 18.3 Å². The van der Waals surface area contributed by atoms with Gasteiger partial charge >= 0.3 is 0 Å². The van der Waals surface area contributed by atoms with Gasteiger partial charge in [0.1, 0.15) is 36.4 Å². The van der Waals surface area contributed by atoms with Crippen molar-refractivity contribution in [2.75, 3.05) is 25.1 Å². The summed E-state index contributed by atoms with van der Waals surface area (Å²) in [6, 6.07) is 8.74. The van der Waals surface area contributed by atoms with E-state index in [2.05, 4.69) is 16.9 Å². The van der Waals surface area contributed by atoms with Crippen LogP contribution in [0.2, 0.25) is 5.02 Å². The van der Waals surface area contributed by atoms with Crippen LogP contribution in [-0.4, -0.2) is 46.2 Å². The Balaban J connectivity index is 1.43. The van der Waals surface area contributed by atoms with Crippen LogP contribution in [0.1, 0.15) is 30.0 Å². The van der Waals surface area contributed by atoms with Gasteiger partial charge in [-0.1, -0.05) is 24.2 Å². The third-order valence-corrected chi connectivity index (χ3v) is 6.77. The van der Waals surface area contributed by atoms with Crippen LogP contribution in [0.25, 0.3) is 11.3 Å². The fraction of sp³-hybridized carbons (Fsp3) is 0.269. The number of amidine groups is 1. The van der Waals surface area contributed by atoms with E-state index in [4.69, 9.17) is 27.2 Å². The van der Waals surface area contributed by atoms with E-state index >= 15 is 0 Å². The lowest BCUT2D eigenvalue weighted by Crippen LogP contribution is -2.40. The van der Waals surface area contributed by atoms with Gasteiger partial charge in [0, 0.05) is 18.7 Å². The van der Waals surface area contributed by atoms with E-state index in [-0.39, 0.29) is 18.6 Å². The van der Waals surface area contributed by atoms with Crippen LogP contribution < -0.4 is 15.8 Å². The Morgan fingerprint density at radius 1 is 1.27 bits per heavy atom. The lowest BCUT2D eigenvalue weighted by Gasteiger charge is -2.33. The SMILES string of the molecule is C=CC(=O)N1CCC[C@@H](n2nc(-c3ccc(OCc4ccc(F)c(F)c4)c(Cl)c3)c3c2NCN=C3N)C1. The molecule has 0 spiro atoms. The number of anilines is 1. The highest BCUT2D eigenvalue weighted by atomic mass is 35.5. The molecule has 0 aliphatic carbocycles. The molecule has 3 aromatic rings. The lowest BCUT2D eigenvalue weighted by molar-refractivity contribution is -0.127. The van der Waals surface area contributed by atoms with Gasteiger partial charge in [0.2, 0.25) is 5.91 Å². The summed E-state index contributed by atoms with van der Waals surface area (Å²) < 4.78 is 34.3. The first-order chi connectivity index (χ1) is 17.9. The number of aromatic nitrogens is 2. The maximum absolute atomic E-state index is 13.5. The quantitative estimate of drug-likeness (QED) is 0.461. The minimum absolute atomic E-state index is 0.0193. The van der Waals surface area contributed by atoms with Crippen molar-refractivity contribution in [3.05, 3.63) is 76.8 Å². The molecule has 1 amide bonds. The number of halogens is 3. The number of hydrogen-bond donors (Lipinski definition) is 2. The van der Waals surface area contributed by atoms with Crippen LogP contribution in [0.4, 0.5) is 14.6 Å². The van der Waals surface area contributed by atoms with E-state index in [1.807, 2.05) is 4.68 Å². The number of amides is 1. The number of benzene rings is 2. The molecule has 1 aromatic heterocycles. The van der Waals surface area contributed by atoms with E-state index in [1.165, 1.54) is 12.1 Å². The van der Waals surface area contributed by atoms with E-state index in [0.29, 0.717) is 58.8 Å². The van der Waals surface area contributed by atoms with E-state index in [1.54, 1.807) is 23.1 Å². The largest absolute Gasteiger partial charge is 0.487 e. The van der Waals surface area contributed by atoms with Crippen LogP contribution in [0, 0.1) is 11.6 Å². The van der Waals surface area contributed by atoms with Crippen molar-refractivity contribution in [2.45, 2.75) is 25.5 Å². The monoisotopic (exact) mass is 526 g/mol. The zero-order valence-electron chi connectivity index (χ0n) is 19.9. The smallest absolute Gasteiger partial charge is 0.246 e. The molecular weight excluding hydrogens is 502 g/mol. The maximum Gasteiger partial charge on any atom is 0.246 e. The molecule has 0 unspecified atom stereocenters. The molecule has 2 aliphatic heterocycles. The average Bonchev–Trinajstić information content (AvgIpc) is 3.30. The highest BCUT2D eigenvalue weighted by Crippen LogP contribution is 2.37. The van der Waals surface area contributed by atoms with Crippen molar-refractivity contribution in [1.82, 2.24) is 14.7 Å². The molecule has 11 heteroatoms. The lowest BCUT2D eigenvalue weighted by atomic mass is 10.0. The topological polar surface area (TPSA) is 97.8 Å². The van der Waals surface area contributed by atoms with E-state index < -0.39 is 11.6 Å². The summed E-state index contributed by atoms with van der Waals surface area (Å²) in [6.07, 6.45) is 3.02. The number of nitrogens with zero attached hydrogens (tertiary/aromatic N) is 4. The van der Waals surface area contributed by atoms with Gasteiger partial charge in [0.25, 0.3) is 0 Å². The van der Waals surface area contributed by atoms with Gasteiger partial charge in [-0.3, -0.25) is 4.79 Å². The summed E-state index contributed by atoms with van der Waals surface area (Å²) in [5.74, 6) is -0.472. The fourth-order valence-electron chi connectivity index (χ4n) is 4.63. The normalized spacial score (nSPS) is 17.0. The number of hydrogen-bond acceptors (Lipinski definition) is 6. The molecule has 1 atom stereocenters. The number of nitrogens with two attached hydrogens (primary N) is 1. The summed E-state index contributed by atoms with van der Waals surface area (Å²) in [6.45, 7) is 5.13. The molecule has 0 radical (unpaired) electrons. The van der Waals surface area contributed by atoms with Gasteiger partial charge in [-0.15, -0.1) is 0 Å². The molecule has 37 heavy (non-hydrogen) atoms. The third-order valence-electron chi connectivity index (χ3n) is 6.47. The number of carbonyl (C=O) groups is 1. The second-order valence-electron chi connectivity index (χ2n) is 8.86. The Morgan fingerprint density at radius 3 is 2.86 bits per heavy atom. The molecular formula is C26H25ClF2N6O2. The van der Waals surface area contributed by atoms with E-state index in [9.17, 15) is 13.6 Å². The molecule has 1 fully saturated rings. The summed E-state index contributed by atoms with van der Waals surface area (Å²) in [5.41, 5.74) is 8.74. The minimum atomic E-state index is -0.939. The minimum Gasteiger partial charge on any atom is -0.487 e. The van der Waals surface area contributed by atoms with Crippen molar-refractivity contribution in [3.8, 4) is 17.0 Å². The molecule has 3 N–H and O–H groups in total. The van der Waals surface area contributed by atoms with Crippen LogP contribution in [0.5, 0.6) is 5.75 Å². The average molecular weight is 527 g/mol. The first kappa shape index (κ1) is 24.8. The van der Waals surface area contributed by atoms with Crippen LogP contribution >= 0.6 is 11.6 Å². The summed E-state index contributed by atoms with van der Waals surface area (Å²) in [4.78, 5) is 18.3. The van der Waals surface area contributed by atoms with Crippen LogP contribution in [0.15, 0.2) is 54.0 Å². The van der Waals surface area contributed by atoms with Gasteiger partial charge in [0.15, 0.2) is 11.6 Å². The Kier molecular flexibility index (Phi) is 6.84. The standard InChI is InChI=1S/C26H25ClF2N6O2/c1-2-22(36)34-9-3-4-17(12-34)35-26-23(25(30)31-14-32-26)24(33-35)16-6-8-21(18(27)11-16)37-13-15-5-7-19(28)20(29)10-15/h2,5-8,10-11,17,32H,1,3-4,9,12-14H2,(H2,30,31)/t17-/m1/s1. The number of likely N-dealkylation sites (tertiary alicyclic amines) is 1. The molecule has 0 bridgehead atoms. The Labute approximate surface area is 217 Å². The Bertz CT molecular complexity index is 1410. The van der Waals surface area contributed by atoms with Gasteiger partial charge in [-0.25, -0.2) is 18.5 Å². The summed E-state index contributed by atoms with van der Waals surface area (Å²) in [7, 11) is 0. The zero-order valence-corrected chi connectivity index (χ0v) is 20.6. The molecule has 0 saturated carbocycles. The summed E-state index contributed by atoms with van der Waals surface area (Å²) in [5, 5.41) is 8.49. The second-order valence-corrected chi connectivity index (χ2v) is 9.27. The zero-order chi connectivity index (χ0) is 26.1. The highest BCUT2D eigenvalue weighted by molar-refractivity contribution is 6.32. The number of nitrogens with one attached hydrogen (secondary N) is 1. The van der Waals surface area contributed by atoms with Crippen LogP contribution in [-0.2, 0) is 11.4 Å². The third kappa shape index (κ3) is 4.89. The predicted octanol–water partition coefficient (Wildman–Crippen LogP) is 4.50. The fourth-order valence-corrected chi connectivity index (χ4v) is 4.87.